The van der Waals surface area contributed by atoms with Gasteiger partial charge >= 0.3 is 0 Å². The van der Waals surface area contributed by atoms with Crippen LogP contribution in [0.1, 0.15) is 57.3 Å². The van der Waals surface area contributed by atoms with Crippen LogP contribution in [0.25, 0.3) is 0 Å². The molecule has 2 fully saturated rings. The summed E-state index contributed by atoms with van der Waals surface area (Å²) in [5.41, 5.74) is 0.885. The number of hydrogen-bond acceptors (Lipinski definition) is 3. The van der Waals surface area contributed by atoms with E-state index in [9.17, 15) is 13.6 Å². The Bertz CT molecular complexity index is 701. The summed E-state index contributed by atoms with van der Waals surface area (Å²) in [6, 6.07) is 1.96. The molecule has 1 amide bonds. The van der Waals surface area contributed by atoms with Crippen molar-refractivity contribution < 1.29 is 13.6 Å². The van der Waals surface area contributed by atoms with Crippen molar-refractivity contribution >= 4 is 5.91 Å². The number of amides is 1. The average molecular weight is 397 g/mol. The first kappa shape index (κ1) is 21.2. The highest BCUT2D eigenvalue weighted by atomic mass is 19.3. The van der Waals surface area contributed by atoms with Gasteiger partial charge in [0.1, 0.15) is 0 Å². The molecule has 0 unspecified atom stereocenters. The van der Waals surface area contributed by atoms with Gasteiger partial charge in [0.05, 0.1) is 29.9 Å². The van der Waals surface area contributed by atoms with Gasteiger partial charge in [0.15, 0.2) is 0 Å². The minimum atomic E-state index is -2.81. The molecular weight excluding hydrogens is 362 g/mol. The third kappa shape index (κ3) is 4.39. The molecule has 2 aliphatic rings. The Morgan fingerprint density at radius 2 is 1.96 bits per heavy atom. The van der Waals surface area contributed by atoms with Crippen LogP contribution in [-0.4, -0.2) is 57.6 Å². The fourth-order valence-electron chi connectivity index (χ4n) is 5.08. The Morgan fingerprint density at radius 3 is 2.57 bits per heavy atom. The molecule has 3 rings (SSSR count). The van der Waals surface area contributed by atoms with Gasteiger partial charge in [0.2, 0.25) is 5.91 Å². The van der Waals surface area contributed by atoms with Crippen molar-refractivity contribution in [2.45, 2.75) is 65.3 Å². The van der Waals surface area contributed by atoms with E-state index in [0.717, 1.165) is 30.7 Å². The number of aryl methyl sites for hydroxylation is 2. The maximum absolute atomic E-state index is 14.7. The van der Waals surface area contributed by atoms with Gasteiger partial charge in [-0.05, 0) is 31.7 Å². The molecule has 0 aliphatic carbocycles. The van der Waals surface area contributed by atoms with Crippen LogP contribution in [0.3, 0.4) is 0 Å². The fourth-order valence-corrected chi connectivity index (χ4v) is 5.08. The summed E-state index contributed by atoms with van der Waals surface area (Å²) in [6.45, 7) is 8.08. The number of halogens is 2. The van der Waals surface area contributed by atoms with Gasteiger partial charge in [-0.1, -0.05) is 26.7 Å². The maximum atomic E-state index is 14.7. The monoisotopic (exact) mass is 396 g/mol. The summed E-state index contributed by atoms with van der Waals surface area (Å²) in [6.07, 6.45) is 2.97. The highest BCUT2D eigenvalue weighted by molar-refractivity contribution is 5.84. The van der Waals surface area contributed by atoms with Crippen molar-refractivity contribution in [1.29, 1.82) is 0 Å². The summed E-state index contributed by atoms with van der Waals surface area (Å²) in [5.74, 6) is -2.52. The molecule has 1 aromatic rings. The highest BCUT2D eigenvalue weighted by Gasteiger charge is 2.55. The summed E-state index contributed by atoms with van der Waals surface area (Å²) < 4.78 is 31.2. The predicted molar refractivity (Wildman–Crippen MR) is 105 cm³/mol. The second-order valence-corrected chi connectivity index (χ2v) is 8.90. The molecule has 1 aromatic heterocycles. The third-order valence-corrected chi connectivity index (χ3v) is 6.53. The minimum Gasteiger partial charge on any atom is -0.336 e. The molecule has 1 spiro atoms. The van der Waals surface area contributed by atoms with Crippen molar-refractivity contribution in [3.8, 4) is 0 Å². The smallest absolute Gasteiger partial charge is 0.261 e. The molecule has 28 heavy (non-hydrogen) atoms. The molecular formula is C21H34F2N4O. The Labute approximate surface area is 167 Å². The maximum Gasteiger partial charge on any atom is 0.261 e. The molecule has 0 bridgehead atoms. The van der Waals surface area contributed by atoms with Crippen molar-refractivity contribution in [1.82, 2.24) is 19.6 Å². The molecule has 2 saturated heterocycles. The van der Waals surface area contributed by atoms with E-state index in [4.69, 9.17) is 0 Å². The van der Waals surface area contributed by atoms with E-state index in [1.165, 1.54) is 0 Å². The standard InChI is InChI=1S/C21H34F2N4O/c1-5-17(6-2)11-26-14-20(13-21(22,23)15-26)8-7-9-27(19(20)28)12-18-10-16(3)24-25(18)4/h10,17H,5-9,11-15H2,1-4H3/t20-/m1/s1. The van der Waals surface area contributed by atoms with Crippen LogP contribution in [0.15, 0.2) is 6.07 Å². The average Bonchev–Trinajstić information content (AvgIpc) is 2.93. The number of hydrogen-bond donors (Lipinski definition) is 0. The zero-order chi connectivity index (χ0) is 20.5. The van der Waals surface area contributed by atoms with Crippen LogP contribution in [0, 0.1) is 18.3 Å². The van der Waals surface area contributed by atoms with Crippen molar-refractivity contribution in [3.63, 3.8) is 0 Å². The summed E-state index contributed by atoms with van der Waals surface area (Å²) >= 11 is 0. The Balaban J connectivity index is 1.79. The van der Waals surface area contributed by atoms with Gasteiger partial charge in [0, 0.05) is 33.1 Å². The van der Waals surface area contributed by atoms with Crippen LogP contribution < -0.4 is 0 Å². The topological polar surface area (TPSA) is 41.4 Å². The quantitative estimate of drug-likeness (QED) is 0.738. The number of carbonyl (C=O) groups is 1. The van der Waals surface area contributed by atoms with E-state index in [1.54, 1.807) is 9.58 Å². The van der Waals surface area contributed by atoms with Gasteiger partial charge in [-0.3, -0.25) is 14.4 Å². The molecule has 0 saturated carbocycles. The van der Waals surface area contributed by atoms with E-state index in [2.05, 4.69) is 18.9 Å². The predicted octanol–water partition coefficient (Wildman–Crippen LogP) is 3.61. The fraction of sp³-hybridized carbons (Fsp3) is 0.810. The molecule has 0 radical (unpaired) electrons. The normalized spacial score (nSPS) is 25.8. The van der Waals surface area contributed by atoms with Gasteiger partial charge in [0.25, 0.3) is 5.92 Å². The van der Waals surface area contributed by atoms with Crippen LogP contribution in [0.5, 0.6) is 0 Å². The largest absolute Gasteiger partial charge is 0.336 e. The number of rotatable bonds is 6. The van der Waals surface area contributed by atoms with Gasteiger partial charge in [-0.2, -0.15) is 5.10 Å². The number of carbonyl (C=O) groups excluding carboxylic acids is 1. The third-order valence-electron chi connectivity index (χ3n) is 6.53. The second-order valence-electron chi connectivity index (χ2n) is 8.90. The van der Waals surface area contributed by atoms with Gasteiger partial charge < -0.3 is 4.90 Å². The molecule has 7 heteroatoms. The first-order valence-corrected chi connectivity index (χ1v) is 10.6. The number of alkyl halides is 2. The van der Waals surface area contributed by atoms with E-state index in [0.29, 0.717) is 38.5 Å². The number of aromatic nitrogens is 2. The number of piperidine rings is 2. The lowest BCUT2D eigenvalue weighted by Crippen LogP contribution is -2.61. The van der Waals surface area contributed by atoms with E-state index in [1.807, 2.05) is 24.9 Å². The summed E-state index contributed by atoms with van der Waals surface area (Å²) in [5, 5.41) is 4.34. The Kier molecular flexibility index (Phi) is 6.13. The highest BCUT2D eigenvalue weighted by Crippen LogP contribution is 2.45. The lowest BCUT2D eigenvalue weighted by molar-refractivity contribution is -0.171. The first-order valence-electron chi connectivity index (χ1n) is 10.6. The zero-order valence-electron chi connectivity index (χ0n) is 17.7. The lowest BCUT2D eigenvalue weighted by Gasteiger charge is -2.49. The molecule has 0 aromatic carbocycles. The van der Waals surface area contributed by atoms with Gasteiger partial charge in [-0.15, -0.1) is 0 Å². The Hall–Kier alpha value is -1.50. The molecule has 2 aliphatic heterocycles. The first-order chi connectivity index (χ1) is 13.2. The van der Waals surface area contributed by atoms with Crippen LogP contribution in [0.4, 0.5) is 8.78 Å². The number of likely N-dealkylation sites (tertiary alicyclic amines) is 2. The van der Waals surface area contributed by atoms with Crippen LogP contribution >= 0.6 is 0 Å². The lowest BCUT2D eigenvalue weighted by atomic mass is 9.71. The minimum absolute atomic E-state index is 0.105. The summed E-state index contributed by atoms with van der Waals surface area (Å²) in [7, 11) is 1.86. The zero-order valence-corrected chi connectivity index (χ0v) is 17.7. The van der Waals surface area contributed by atoms with E-state index in [-0.39, 0.29) is 18.9 Å². The van der Waals surface area contributed by atoms with E-state index < -0.39 is 11.3 Å². The van der Waals surface area contributed by atoms with Crippen molar-refractivity contribution in [3.05, 3.63) is 17.5 Å². The number of nitrogens with zero attached hydrogens (tertiary/aromatic N) is 4. The summed E-state index contributed by atoms with van der Waals surface area (Å²) in [4.78, 5) is 17.1. The van der Waals surface area contributed by atoms with Crippen molar-refractivity contribution in [2.24, 2.45) is 18.4 Å². The second kappa shape index (κ2) is 8.09. The van der Waals surface area contributed by atoms with Crippen LogP contribution in [0.2, 0.25) is 0 Å². The molecule has 1 atom stereocenters. The SMILES string of the molecule is CCC(CC)CN1CC(F)(F)C[C@]2(CCCN(Cc3cc(C)nn3C)C2=O)C1. The Morgan fingerprint density at radius 1 is 1.25 bits per heavy atom. The van der Waals surface area contributed by atoms with Crippen LogP contribution in [-0.2, 0) is 18.4 Å². The molecule has 3 heterocycles. The van der Waals surface area contributed by atoms with E-state index >= 15 is 0 Å². The molecule has 158 valence electrons. The van der Waals surface area contributed by atoms with Crippen molar-refractivity contribution in [2.75, 3.05) is 26.2 Å². The molecule has 5 nitrogen and oxygen atoms in total. The molecule has 0 N–H and O–H groups in total. The van der Waals surface area contributed by atoms with Gasteiger partial charge in [-0.25, -0.2) is 8.78 Å².